The lowest BCUT2D eigenvalue weighted by Gasteiger charge is -2.21. The second-order valence-electron chi connectivity index (χ2n) is 6.50. The fraction of sp³-hybridized carbons (Fsp3) is 0.421. The standard InChI is InChI=1S/C19H26N6O2/c1-4-27-16-10-6-5-9-14(16)21-19(26)22-15-13-20-18(23-17(15)24(2)3)25-11-7-8-12-25/h5-6,9-10,13H,4,7-8,11-12H2,1-3H3,(H2,21,22,26). The zero-order valence-corrected chi connectivity index (χ0v) is 16.0. The number of carbonyl (C=O) groups is 1. The van der Waals surface area contributed by atoms with Crippen molar-refractivity contribution in [1.29, 1.82) is 0 Å². The molecular formula is C19H26N6O2. The first-order valence-electron chi connectivity index (χ1n) is 9.17. The Labute approximate surface area is 159 Å². The molecule has 1 fully saturated rings. The topological polar surface area (TPSA) is 82.6 Å². The predicted molar refractivity (Wildman–Crippen MR) is 108 cm³/mol. The molecule has 1 aliphatic rings. The van der Waals surface area contributed by atoms with Gasteiger partial charge in [0.25, 0.3) is 0 Å². The van der Waals surface area contributed by atoms with Crippen molar-refractivity contribution in [1.82, 2.24) is 9.97 Å². The summed E-state index contributed by atoms with van der Waals surface area (Å²) in [7, 11) is 3.78. The number of nitrogens with one attached hydrogen (secondary N) is 2. The maximum absolute atomic E-state index is 12.5. The van der Waals surface area contributed by atoms with Crippen molar-refractivity contribution in [2.24, 2.45) is 0 Å². The van der Waals surface area contributed by atoms with E-state index in [4.69, 9.17) is 4.74 Å². The highest BCUT2D eigenvalue weighted by Gasteiger charge is 2.19. The molecule has 0 atom stereocenters. The zero-order valence-electron chi connectivity index (χ0n) is 16.0. The van der Waals surface area contributed by atoms with E-state index in [-0.39, 0.29) is 6.03 Å². The van der Waals surface area contributed by atoms with Crippen LogP contribution >= 0.6 is 0 Å². The van der Waals surface area contributed by atoms with Gasteiger partial charge in [0.2, 0.25) is 5.95 Å². The summed E-state index contributed by atoms with van der Waals surface area (Å²) in [5, 5.41) is 5.66. The van der Waals surface area contributed by atoms with Gasteiger partial charge in [-0.25, -0.2) is 9.78 Å². The van der Waals surface area contributed by atoms with Crippen molar-refractivity contribution in [2.45, 2.75) is 19.8 Å². The number of carbonyl (C=O) groups excluding carboxylic acids is 1. The van der Waals surface area contributed by atoms with Gasteiger partial charge in [0.1, 0.15) is 11.4 Å². The molecule has 2 aromatic rings. The van der Waals surface area contributed by atoms with Crippen molar-refractivity contribution < 1.29 is 9.53 Å². The van der Waals surface area contributed by atoms with Crippen molar-refractivity contribution in [2.75, 3.05) is 54.2 Å². The van der Waals surface area contributed by atoms with E-state index < -0.39 is 0 Å². The molecule has 0 saturated carbocycles. The molecule has 0 radical (unpaired) electrons. The first-order chi connectivity index (χ1) is 13.1. The van der Waals surface area contributed by atoms with Gasteiger partial charge in [0.05, 0.1) is 18.5 Å². The molecule has 144 valence electrons. The highest BCUT2D eigenvalue weighted by Crippen LogP contribution is 2.27. The smallest absolute Gasteiger partial charge is 0.323 e. The number of rotatable bonds is 6. The number of hydrogen-bond donors (Lipinski definition) is 2. The third-order valence-corrected chi connectivity index (χ3v) is 4.25. The number of anilines is 4. The van der Waals surface area contributed by atoms with Crippen LogP contribution in [0.4, 0.5) is 27.9 Å². The average Bonchev–Trinajstić information content (AvgIpc) is 3.18. The van der Waals surface area contributed by atoms with Crippen molar-refractivity contribution in [3.05, 3.63) is 30.5 Å². The van der Waals surface area contributed by atoms with E-state index in [1.54, 1.807) is 12.3 Å². The summed E-state index contributed by atoms with van der Waals surface area (Å²) in [6.45, 7) is 4.36. The van der Waals surface area contributed by atoms with Crippen molar-refractivity contribution >= 4 is 29.2 Å². The summed E-state index contributed by atoms with van der Waals surface area (Å²) in [5.41, 5.74) is 1.16. The summed E-state index contributed by atoms with van der Waals surface area (Å²) in [4.78, 5) is 25.6. The number of benzene rings is 1. The number of hydrogen-bond acceptors (Lipinski definition) is 6. The second kappa shape index (κ2) is 8.57. The molecule has 3 rings (SSSR count). The van der Waals surface area contributed by atoms with Crippen molar-refractivity contribution in [3.63, 3.8) is 0 Å². The van der Waals surface area contributed by atoms with Crippen molar-refractivity contribution in [3.8, 4) is 5.75 Å². The van der Waals surface area contributed by atoms with Gasteiger partial charge in [0, 0.05) is 27.2 Å². The number of amides is 2. The van der Waals surface area contributed by atoms with E-state index in [9.17, 15) is 4.79 Å². The number of urea groups is 1. The van der Waals surface area contributed by atoms with E-state index in [2.05, 4.69) is 25.5 Å². The zero-order chi connectivity index (χ0) is 19.2. The van der Waals surface area contributed by atoms with Crippen LogP contribution in [0.15, 0.2) is 30.5 Å². The summed E-state index contributed by atoms with van der Waals surface area (Å²) in [6.07, 6.45) is 3.97. The molecule has 2 N–H and O–H groups in total. The number of para-hydroxylation sites is 2. The molecule has 8 heteroatoms. The van der Waals surface area contributed by atoms with Gasteiger partial charge in [0.15, 0.2) is 5.82 Å². The van der Waals surface area contributed by atoms with Crippen LogP contribution in [-0.2, 0) is 0 Å². The average molecular weight is 370 g/mol. The Balaban J connectivity index is 1.75. The lowest BCUT2D eigenvalue weighted by atomic mass is 10.3. The Bertz CT molecular complexity index is 790. The van der Waals surface area contributed by atoms with E-state index in [0.29, 0.717) is 35.5 Å². The molecule has 1 aromatic carbocycles. The van der Waals surface area contributed by atoms with Crippen LogP contribution in [0, 0.1) is 0 Å². The van der Waals surface area contributed by atoms with E-state index in [1.807, 2.05) is 44.1 Å². The minimum Gasteiger partial charge on any atom is -0.492 e. The highest BCUT2D eigenvalue weighted by atomic mass is 16.5. The SMILES string of the molecule is CCOc1ccccc1NC(=O)Nc1cnc(N2CCCC2)nc1N(C)C. The lowest BCUT2D eigenvalue weighted by Crippen LogP contribution is -2.25. The molecular weight excluding hydrogens is 344 g/mol. The lowest BCUT2D eigenvalue weighted by molar-refractivity contribution is 0.262. The highest BCUT2D eigenvalue weighted by molar-refractivity contribution is 6.02. The first kappa shape index (κ1) is 18.8. The first-order valence-corrected chi connectivity index (χ1v) is 9.17. The Kier molecular flexibility index (Phi) is 5.95. The predicted octanol–water partition coefficient (Wildman–Crippen LogP) is 3.19. The van der Waals surface area contributed by atoms with Crippen LogP contribution in [0.2, 0.25) is 0 Å². The molecule has 8 nitrogen and oxygen atoms in total. The molecule has 1 aromatic heterocycles. The Hall–Kier alpha value is -3.03. The normalized spacial score (nSPS) is 13.4. The molecule has 0 bridgehead atoms. The van der Waals surface area contributed by atoms with Gasteiger partial charge in [-0.15, -0.1) is 0 Å². The fourth-order valence-electron chi connectivity index (χ4n) is 2.99. The van der Waals surface area contributed by atoms with Gasteiger partial charge >= 0.3 is 6.03 Å². The summed E-state index contributed by atoms with van der Waals surface area (Å²) in [5.74, 6) is 1.99. The second-order valence-corrected chi connectivity index (χ2v) is 6.50. The van der Waals surface area contributed by atoms with Crippen LogP contribution in [0.5, 0.6) is 5.75 Å². The van der Waals surface area contributed by atoms with Gasteiger partial charge in [-0.1, -0.05) is 12.1 Å². The number of aromatic nitrogens is 2. The minimum atomic E-state index is -0.372. The number of ether oxygens (including phenoxy) is 1. The molecule has 27 heavy (non-hydrogen) atoms. The summed E-state index contributed by atoms with van der Waals surface area (Å²) < 4.78 is 5.54. The monoisotopic (exact) mass is 370 g/mol. The molecule has 0 spiro atoms. The minimum absolute atomic E-state index is 0.372. The molecule has 1 saturated heterocycles. The van der Waals surface area contributed by atoms with Crippen LogP contribution in [-0.4, -0.2) is 49.8 Å². The largest absolute Gasteiger partial charge is 0.492 e. The third-order valence-electron chi connectivity index (χ3n) is 4.25. The summed E-state index contributed by atoms with van der Waals surface area (Å²) >= 11 is 0. The molecule has 2 heterocycles. The molecule has 1 aliphatic heterocycles. The van der Waals surface area contributed by atoms with Gasteiger partial charge < -0.3 is 25.2 Å². The van der Waals surface area contributed by atoms with Crippen LogP contribution < -0.4 is 25.2 Å². The summed E-state index contributed by atoms with van der Waals surface area (Å²) in [6, 6.07) is 6.95. The maximum Gasteiger partial charge on any atom is 0.323 e. The van der Waals surface area contributed by atoms with Crippen LogP contribution in [0.25, 0.3) is 0 Å². The maximum atomic E-state index is 12.5. The molecule has 0 unspecified atom stereocenters. The number of nitrogens with zero attached hydrogens (tertiary/aromatic N) is 4. The van der Waals surface area contributed by atoms with Crippen LogP contribution in [0.3, 0.4) is 0 Å². The van der Waals surface area contributed by atoms with E-state index in [1.165, 1.54) is 0 Å². The fourth-order valence-corrected chi connectivity index (χ4v) is 2.99. The Morgan fingerprint density at radius 1 is 1.19 bits per heavy atom. The third kappa shape index (κ3) is 4.58. The quantitative estimate of drug-likeness (QED) is 0.813. The van der Waals surface area contributed by atoms with E-state index >= 15 is 0 Å². The molecule has 0 aliphatic carbocycles. The van der Waals surface area contributed by atoms with Gasteiger partial charge in [-0.3, -0.25) is 0 Å². The van der Waals surface area contributed by atoms with Gasteiger partial charge in [-0.05, 0) is 31.9 Å². The van der Waals surface area contributed by atoms with Gasteiger partial charge in [-0.2, -0.15) is 4.98 Å². The Morgan fingerprint density at radius 2 is 1.89 bits per heavy atom. The van der Waals surface area contributed by atoms with E-state index in [0.717, 1.165) is 25.9 Å². The Morgan fingerprint density at radius 3 is 2.59 bits per heavy atom. The molecule has 2 amide bonds. The van der Waals surface area contributed by atoms with Crippen LogP contribution in [0.1, 0.15) is 19.8 Å².